The highest BCUT2D eigenvalue weighted by Gasteiger charge is 2.13. The number of anilines is 2. The largest absolute Gasteiger partial charge is 0.495 e. The van der Waals surface area contributed by atoms with Crippen LogP contribution in [0.1, 0.15) is 23.9 Å². The molecular formula is C19H21N3O7. The van der Waals surface area contributed by atoms with E-state index in [2.05, 4.69) is 16.0 Å². The van der Waals surface area contributed by atoms with Crippen molar-refractivity contribution in [3.63, 3.8) is 0 Å². The van der Waals surface area contributed by atoms with E-state index in [0.29, 0.717) is 17.1 Å². The van der Waals surface area contributed by atoms with Crippen molar-refractivity contribution in [1.82, 2.24) is 5.32 Å². The summed E-state index contributed by atoms with van der Waals surface area (Å²) in [6, 6.07) is 7.78. The maximum atomic E-state index is 12.0. The van der Waals surface area contributed by atoms with Gasteiger partial charge in [0.2, 0.25) is 5.91 Å². The number of nitrogens with one attached hydrogen (secondary N) is 3. The van der Waals surface area contributed by atoms with Crippen LogP contribution in [0.2, 0.25) is 0 Å². The molecule has 1 aromatic heterocycles. The van der Waals surface area contributed by atoms with Crippen LogP contribution in [0.25, 0.3) is 0 Å². The molecule has 0 unspecified atom stereocenters. The topological polar surface area (TPSA) is 136 Å². The predicted octanol–water partition coefficient (Wildman–Crippen LogP) is 1.55. The zero-order chi connectivity index (χ0) is 21.2. The Kier molecular flexibility index (Phi) is 7.78. The van der Waals surface area contributed by atoms with Crippen molar-refractivity contribution in [2.24, 2.45) is 0 Å². The number of carbonyl (C=O) groups is 4. The first-order valence-electron chi connectivity index (χ1n) is 8.62. The fraction of sp³-hybridized carbons (Fsp3) is 0.263. The second kappa shape index (κ2) is 10.5. The number of rotatable bonds is 9. The molecule has 0 aliphatic carbocycles. The number of carbonyl (C=O) groups excluding carboxylic acids is 4. The first-order chi connectivity index (χ1) is 13.9. The van der Waals surface area contributed by atoms with Gasteiger partial charge in [-0.3, -0.25) is 19.2 Å². The molecule has 10 heteroatoms. The minimum Gasteiger partial charge on any atom is -0.495 e. The van der Waals surface area contributed by atoms with Gasteiger partial charge in [0.05, 0.1) is 25.5 Å². The van der Waals surface area contributed by atoms with Gasteiger partial charge in [0, 0.05) is 19.2 Å². The van der Waals surface area contributed by atoms with Crippen LogP contribution in [0.15, 0.2) is 41.0 Å². The maximum Gasteiger partial charge on any atom is 0.308 e. The number of esters is 1. The average molecular weight is 403 g/mol. The highest BCUT2D eigenvalue weighted by Crippen LogP contribution is 2.27. The summed E-state index contributed by atoms with van der Waals surface area (Å²) in [6.45, 7) is 0.879. The Bertz CT molecular complexity index is 878. The minimum absolute atomic E-state index is 0.0343. The van der Waals surface area contributed by atoms with Gasteiger partial charge >= 0.3 is 5.97 Å². The summed E-state index contributed by atoms with van der Waals surface area (Å²) in [4.78, 5) is 46.6. The van der Waals surface area contributed by atoms with E-state index >= 15 is 0 Å². The lowest BCUT2D eigenvalue weighted by atomic mass is 10.2. The van der Waals surface area contributed by atoms with Gasteiger partial charge in [-0.25, -0.2) is 0 Å². The van der Waals surface area contributed by atoms with Crippen LogP contribution in [0.4, 0.5) is 11.4 Å². The first kappa shape index (κ1) is 21.5. The van der Waals surface area contributed by atoms with Gasteiger partial charge in [0.15, 0.2) is 12.4 Å². The molecular weight excluding hydrogens is 382 g/mol. The second-order valence-electron chi connectivity index (χ2n) is 5.79. The number of hydrogen-bond acceptors (Lipinski definition) is 7. The SMILES string of the molecule is COc1ccc(NC(C)=O)cc1NC(=O)COC(=O)CCNC(=O)c1ccco1. The standard InChI is InChI=1S/C19H21N3O7/c1-12(23)21-13-5-6-15(27-2)14(10-13)22-17(24)11-29-18(25)7-8-20-19(26)16-4-3-9-28-16/h3-6,9-10H,7-8,11H2,1-2H3,(H,20,26)(H,21,23)(H,22,24). The Morgan fingerprint density at radius 1 is 1.10 bits per heavy atom. The lowest BCUT2D eigenvalue weighted by Gasteiger charge is -2.12. The summed E-state index contributed by atoms with van der Waals surface area (Å²) >= 11 is 0. The number of furan rings is 1. The highest BCUT2D eigenvalue weighted by atomic mass is 16.5. The molecule has 0 atom stereocenters. The van der Waals surface area contributed by atoms with Gasteiger partial charge in [-0.15, -0.1) is 0 Å². The molecule has 0 saturated carbocycles. The zero-order valence-electron chi connectivity index (χ0n) is 15.9. The number of methoxy groups -OCH3 is 1. The maximum absolute atomic E-state index is 12.0. The van der Waals surface area contributed by atoms with E-state index in [1.807, 2.05) is 0 Å². The van der Waals surface area contributed by atoms with Crippen molar-refractivity contribution in [2.75, 3.05) is 30.9 Å². The van der Waals surface area contributed by atoms with Gasteiger partial charge in [-0.2, -0.15) is 0 Å². The van der Waals surface area contributed by atoms with Crippen LogP contribution in [-0.2, 0) is 19.1 Å². The molecule has 1 heterocycles. The van der Waals surface area contributed by atoms with Gasteiger partial charge in [0.25, 0.3) is 11.8 Å². The summed E-state index contributed by atoms with van der Waals surface area (Å²) in [7, 11) is 1.43. The molecule has 1 aromatic carbocycles. The Labute approximate surface area is 166 Å². The van der Waals surface area contributed by atoms with Crippen molar-refractivity contribution in [3.05, 3.63) is 42.4 Å². The van der Waals surface area contributed by atoms with E-state index in [9.17, 15) is 19.2 Å². The van der Waals surface area contributed by atoms with Crippen LogP contribution < -0.4 is 20.7 Å². The minimum atomic E-state index is -0.654. The summed E-state index contributed by atoms with van der Waals surface area (Å²) in [6.07, 6.45) is 1.25. The smallest absolute Gasteiger partial charge is 0.308 e. The number of amides is 3. The Morgan fingerprint density at radius 3 is 2.55 bits per heavy atom. The number of benzene rings is 1. The molecule has 29 heavy (non-hydrogen) atoms. The van der Waals surface area contributed by atoms with Crippen molar-refractivity contribution >= 4 is 35.1 Å². The molecule has 0 fully saturated rings. The Morgan fingerprint density at radius 2 is 1.90 bits per heavy atom. The van der Waals surface area contributed by atoms with Gasteiger partial charge in [-0.1, -0.05) is 0 Å². The van der Waals surface area contributed by atoms with E-state index in [4.69, 9.17) is 13.9 Å². The molecule has 0 radical (unpaired) electrons. The third-order valence-corrected chi connectivity index (χ3v) is 3.52. The summed E-state index contributed by atoms with van der Waals surface area (Å²) in [5.74, 6) is -1.45. The summed E-state index contributed by atoms with van der Waals surface area (Å²) < 4.78 is 15.0. The van der Waals surface area contributed by atoms with E-state index < -0.39 is 24.4 Å². The molecule has 0 aliphatic heterocycles. The lowest BCUT2D eigenvalue weighted by molar-refractivity contribution is -0.147. The molecule has 0 spiro atoms. The first-order valence-corrected chi connectivity index (χ1v) is 8.62. The number of hydrogen-bond donors (Lipinski definition) is 3. The Balaban J connectivity index is 1.78. The molecule has 0 bridgehead atoms. The van der Waals surface area contributed by atoms with E-state index in [1.165, 1.54) is 32.4 Å². The fourth-order valence-electron chi connectivity index (χ4n) is 2.26. The van der Waals surface area contributed by atoms with E-state index in [0.717, 1.165) is 0 Å². The van der Waals surface area contributed by atoms with E-state index in [-0.39, 0.29) is 24.6 Å². The molecule has 2 rings (SSSR count). The zero-order valence-corrected chi connectivity index (χ0v) is 15.9. The van der Waals surface area contributed by atoms with Crippen molar-refractivity contribution in [3.8, 4) is 5.75 Å². The lowest BCUT2D eigenvalue weighted by Crippen LogP contribution is -2.27. The quantitative estimate of drug-likeness (QED) is 0.540. The van der Waals surface area contributed by atoms with Crippen LogP contribution in [0.3, 0.4) is 0 Å². The predicted molar refractivity (Wildman–Crippen MR) is 103 cm³/mol. The van der Waals surface area contributed by atoms with Crippen LogP contribution >= 0.6 is 0 Å². The van der Waals surface area contributed by atoms with Crippen LogP contribution in [0, 0.1) is 0 Å². The fourth-order valence-corrected chi connectivity index (χ4v) is 2.26. The molecule has 3 amide bonds. The monoisotopic (exact) mass is 403 g/mol. The molecule has 154 valence electrons. The van der Waals surface area contributed by atoms with Crippen molar-refractivity contribution in [2.45, 2.75) is 13.3 Å². The average Bonchev–Trinajstić information content (AvgIpc) is 3.21. The highest BCUT2D eigenvalue weighted by molar-refractivity contribution is 5.96. The molecule has 0 saturated heterocycles. The van der Waals surface area contributed by atoms with Crippen LogP contribution in [0.5, 0.6) is 5.75 Å². The van der Waals surface area contributed by atoms with Crippen molar-refractivity contribution < 1.29 is 33.1 Å². The molecule has 2 aromatic rings. The van der Waals surface area contributed by atoms with Gasteiger partial charge in [-0.05, 0) is 30.3 Å². The summed E-state index contributed by atoms with van der Waals surface area (Å²) in [5, 5.41) is 7.63. The third-order valence-electron chi connectivity index (χ3n) is 3.52. The second-order valence-corrected chi connectivity index (χ2v) is 5.79. The number of ether oxygens (including phenoxy) is 2. The van der Waals surface area contributed by atoms with E-state index in [1.54, 1.807) is 18.2 Å². The molecule has 3 N–H and O–H groups in total. The van der Waals surface area contributed by atoms with Crippen molar-refractivity contribution in [1.29, 1.82) is 0 Å². The van der Waals surface area contributed by atoms with Crippen LogP contribution in [-0.4, -0.2) is 44.0 Å². The molecule has 10 nitrogen and oxygen atoms in total. The van der Waals surface area contributed by atoms with Gasteiger partial charge < -0.3 is 29.8 Å². The summed E-state index contributed by atoms with van der Waals surface area (Å²) in [5.41, 5.74) is 0.781. The van der Waals surface area contributed by atoms with Gasteiger partial charge in [0.1, 0.15) is 5.75 Å². The third kappa shape index (κ3) is 7.01. The normalized spacial score (nSPS) is 10.0. The molecule has 0 aliphatic rings. The Hall–Kier alpha value is -3.82.